The highest BCUT2D eigenvalue weighted by Crippen LogP contribution is 2.34. The second-order valence-electron chi connectivity index (χ2n) is 6.02. The molecule has 1 heterocycles. The van der Waals surface area contributed by atoms with E-state index in [0.29, 0.717) is 5.92 Å². The van der Waals surface area contributed by atoms with E-state index in [1.165, 1.54) is 5.56 Å². The van der Waals surface area contributed by atoms with Crippen LogP contribution >= 0.6 is 0 Å². The van der Waals surface area contributed by atoms with Gasteiger partial charge >= 0.3 is 0 Å². The van der Waals surface area contributed by atoms with Crippen LogP contribution in [0.15, 0.2) is 54.6 Å². The summed E-state index contributed by atoms with van der Waals surface area (Å²) < 4.78 is 0. The minimum absolute atomic E-state index is 0.112. The van der Waals surface area contributed by atoms with E-state index in [1.54, 1.807) is 0 Å². The van der Waals surface area contributed by atoms with Crippen LogP contribution in [0.5, 0.6) is 0 Å². The molecular weight excluding hydrogens is 258 g/mol. The number of carbonyl (C=O) groups is 1. The third-order valence-corrected chi connectivity index (χ3v) is 4.30. The van der Waals surface area contributed by atoms with Crippen molar-refractivity contribution >= 4 is 11.6 Å². The fraction of sp³-hybridized carbons (Fsp3) is 0.316. The lowest BCUT2D eigenvalue weighted by Gasteiger charge is -2.39. The first-order chi connectivity index (χ1) is 10.2. The normalized spacial score (nSPS) is 17.7. The number of nitrogens with zero attached hydrogens (tertiary/aromatic N) is 1. The highest BCUT2D eigenvalue weighted by atomic mass is 16.2. The smallest absolute Gasteiger partial charge is 0.258 e. The van der Waals surface area contributed by atoms with Gasteiger partial charge in [-0.25, -0.2) is 0 Å². The monoisotopic (exact) mass is 279 g/mol. The Labute approximate surface area is 126 Å². The third kappa shape index (κ3) is 2.58. The molecule has 21 heavy (non-hydrogen) atoms. The maximum atomic E-state index is 13.0. The van der Waals surface area contributed by atoms with Crippen molar-refractivity contribution in [1.29, 1.82) is 0 Å². The molecule has 1 amide bonds. The maximum Gasteiger partial charge on any atom is 0.258 e. The van der Waals surface area contributed by atoms with Gasteiger partial charge in [0.1, 0.15) is 0 Å². The van der Waals surface area contributed by atoms with Crippen molar-refractivity contribution in [3.63, 3.8) is 0 Å². The average molecular weight is 279 g/mol. The zero-order chi connectivity index (χ0) is 14.8. The minimum atomic E-state index is 0.112. The Kier molecular flexibility index (Phi) is 3.78. The lowest BCUT2D eigenvalue weighted by molar-refractivity contribution is 0.0965. The Morgan fingerprint density at radius 3 is 2.43 bits per heavy atom. The first kappa shape index (κ1) is 13.9. The Bertz CT molecular complexity index is 633. The molecule has 0 saturated carbocycles. The van der Waals surface area contributed by atoms with Gasteiger partial charge in [-0.15, -0.1) is 0 Å². The number of benzene rings is 2. The molecule has 1 atom stereocenters. The van der Waals surface area contributed by atoms with Crippen molar-refractivity contribution in [2.45, 2.75) is 32.7 Å². The third-order valence-electron chi connectivity index (χ3n) is 4.30. The molecule has 2 nitrogen and oxygen atoms in total. The van der Waals surface area contributed by atoms with Crippen LogP contribution in [0.3, 0.4) is 0 Å². The largest absolute Gasteiger partial charge is 0.305 e. The summed E-state index contributed by atoms with van der Waals surface area (Å²) in [5, 5.41) is 0. The number of rotatable bonds is 2. The molecule has 0 aromatic heterocycles. The van der Waals surface area contributed by atoms with E-state index >= 15 is 0 Å². The van der Waals surface area contributed by atoms with Gasteiger partial charge in [0.15, 0.2) is 0 Å². The molecule has 0 radical (unpaired) electrons. The molecule has 3 rings (SSSR count). The van der Waals surface area contributed by atoms with Crippen molar-refractivity contribution in [2.75, 3.05) is 4.90 Å². The molecular formula is C19H21NO. The number of aryl methyl sites for hydroxylation is 1. The molecule has 2 aromatic carbocycles. The number of hydrogen-bond acceptors (Lipinski definition) is 1. The van der Waals surface area contributed by atoms with Crippen LogP contribution in [-0.4, -0.2) is 11.9 Å². The zero-order valence-corrected chi connectivity index (χ0v) is 12.6. The summed E-state index contributed by atoms with van der Waals surface area (Å²) in [6.07, 6.45) is 2.09. The van der Waals surface area contributed by atoms with Crippen LogP contribution in [0.4, 0.5) is 5.69 Å². The molecule has 0 saturated heterocycles. The maximum absolute atomic E-state index is 13.0. The number of fused-ring (bicyclic) bond motifs is 1. The van der Waals surface area contributed by atoms with Gasteiger partial charge in [-0.2, -0.15) is 0 Å². The fourth-order valence-corrected chi connectivity index (χ4v) is 3.18. The molecule has 2 heteroatoms. The Morgan fingerprint density at radius 2 is 1.71 bits per heavy atom. The summed E-state index contributed by atoms with van der Waals surface area (Å²) in [4.78, 5) is 15.0. The van der Waals surface area contributed by atoms with Crippen LogP contribution in [0.1, 0.15) is 36.2 Å². The summed E-state index contributed by atoms with van der Waals surface area (Å²) in [7, 11) is 0. The minimum Gasteiger partial charge on any atom is -0.305 e. The molecule has 0 unspecified atom stereocenters. The van der Waals surface area contributed by atoms with E-state index in [2.05, 4.69) is 32.0 Å². The molecule has 2 aromatic rings. The fourth-order valence-electron chi connectivity index (χ4n) is 3.18. The summed E-state index contributed by atoms with van der Waals surface area (Å²) >= 11 is 0. The van der Waals surface area contributed by atoms with Gasteiger partial charge in [-0.1, -0.05) is 50.2 Å². The summed E-state index contributed by atoms with van der Waals surface area (Å²) in [5.41, 5.74) is 3.12. The van der Waals surface area contributed by atoms with Gasteiger partial charge in [0, 0.05) is 17.3 Å². The van der Waals surface area contributed by atoms with Crippen molar-refractivity contribution in [3.05, 3.63) is 65.7 Å². The van der Waals surface area contributed by atoms with E-state index in [0.717, 1.165) is 24.1 Å². The number of para-hydroxylation sites is 1. The Hall–Kier alpha value is -2.09. The van der Waals surface area contributed by atoms with Crippen LogP contribution in [-0.2, 0) is 6.42 Å². The molecule has 0 N–H and O–H groups in total. The SMILES string of the molecule is CC(C)[C@@H]1CCc2ccccc2N1C(=O)c1ccccc1. The van der Waals surface area contributed by atoms with Crippen LogP contribution < -0.4 is 4.90 Å². The average Bonchev–Trinajstić information content (AvgIpc) is 2.53. The number of amides is 1. The van der Waals surface area contributed by atoms with Gasteiger partial charge in [0.2, 0.25) is 0 Å². The molecule has 1 aliphatic rings. The van der Waals surface area contributed by atoms with Gasteiger partial charge in [0.05, 0.1) is 0 Å². The second-order valence-corrected chi connectivity index (χ2v) is 6.02. The van der Waals surface area contributed by atoms with Gasteiger partial charge in [0.25, 0.3) is 5.91 Å². The Morgan fingerprint density at radius 1 is 1.05 bits per heavy atom. The van der Waals surface area contributed by atoms with Crippen LogP contribution in [0.2, 0.25) is 0 Å². The molecule has 0 aliphatic carbocycles. The summed E-state index contributed by atoms with van der Waals surface area (Å²) in [6.45, 7) is 4.40. The first-order valence-electron chi connectivity index (χ1n) is 7.65. The first-order valence-corrected chi connectivity index (χ1v) is 7.65. The standard InChI is InChI=1S/C19H21NO/c1-14(2)17-13-12-15-8-6-7-11-18(15)20(17)19(21)16-9-4-3-5-10-16/h3-11,14,17H,12-13H2,1-2H3/t17-/m0/s1. The van der Waals surface area contributed by atoms with Crippen molar-refractivity contribution in [1.82, 2.24) is 0 Å². The molecule has 0 spiro atoms. The van der Waals surface area contributed by atoms with E-state index in [9.17, 15) is 4.79 Å². The molecule has 108 valence electrons. The van der Waals surface area contributed by atoms with Crippen molar-refractivity contribution < 1.29 is 4.79 Å². The topological polar surface area (TPSA) is 20.3 Å². The lowest BCUT2D eigenvalue weighted by Crippen LogP contribution is -2.46. The number of anilines is 1. The van der Waals surface area contributed by atoms with E-state index in [-0.39, 0.29) is 11.9 Å². The van der Waals surface area contributed by atoms with E-state index in [1.807, 2.05) is 41.3 Å². The number of carbonyl (C=O) groups excluding carboxylic acids is 1. The molecule has 0 bridgehead atoms. The highest BCUT2D eigenvalue weighted by molar-refractivity contribution is 6.07. The molecule has 1 aliphatic heterocycles. The quantitative estimate of drug-likeness (QED) is 0.802. The van der Waals surface area contributed by atoms with E-state index < -0.39 is 0 Å². The predicted octanol–water partition coefficient (Wildman–Crippen LogP) is 4.30. The van der Waals surface area contributed by atoms with Crippen molar-refractivity contribution in [3.8, 4) is 0 Å². The van der Waals surface area contributed by atoms with Gasteiger partial charge in [-0.05, 0) is 42.5 Å². The predicted molar refractivity (Wildman–Crippen MR) is 86.6 cm³/mol. The summed E-state index contributed by atoms with van der Waals surface area (Å²) in [5.74, 6) is 0.562. The van der Waals surface area contributed by atoms with Crippen molar-refractivity contribution in [2.24, 2.45) is 5.92 Å². The highest BCUT2D eigenvalue weighted by Gasteiger charge is 2.32. The number of hydrogen-bond donors (Lipinski definition) is 0. The second kappa shape index (κ2) is 5.72. The molecule has 0 fully saturated rings. The van der Waals surface area contributed by atoms with Crippen LogP contribution in [0, 0.1) is 5.92 Å². The lowest BCUT2D eigenvalue weighted by atomic mass is 9.88. The van der Waals surface area contributed by atoms with E-state index in [4.69, 9.17) is 0 Å². The Balaban J connectivity index is 2.05. The van der Waals surface area contributed by atoms with Gasteiger partial charge < -0.3 is 4.90 Å². The van der Waals surface area contributed by atoms with Crippen LogP contribution in [0.25, 0.3) is 0 Å². The zero-order valence-electron chi connectivity index (χ0n) is 12.6. The summed E-state index contributed by atoms with van der Waals surface area (Å²) in [6, 6.07) is 18.1. The van der Waals surface area contributed by atoms with Gasteiger partial charge in [-0.3, -0.25) is 4.79 Å².